The smallest absolute Gasteiger partial charge is 0.160 e. The van der Waals surface area contributed by atoms with Crippen LogP contribution < -0.4 is 0 Å². The van der Waals surface area contributed by atoms with Crippen molar-refractivity contribution in [2.75, 3.05) is 0 Å². The lowest BCUT2D eigenvalue weighted by molar-refractivity contribution is 1.18. The monoisotopic (exact) mass is 589 g/mol. The largest absolute Gasteiger partial charge is 0.264 e. The van der Waals surface area contributed by atoms with Crippen molar-refractivity contribution < 1.29 is 0 Å². The molecule has 2 heterocycles. The second kappa shape index (κ2) is 11.4. The predicted molar refractivity (Wildman–Crippen MR) is 164 cm³/mol. The van der Waals surface area contributed by atoms with Gasteiger partial charge in [-0.05, 0) is 83.4 Å². The SMILES string of the molecule is N#Cc1ccc(-c2ccc(-c3cc(-c4cc(Br)cc(-c5cccnc5)c4)nc(-c4ccc(C#N)cc4)n3)cc2)cc1. The topological polar surface area (TPSA) is 86.2 Å². The van der Waals surface area contributed by atoms with Crippen LogP contribution in [0.2, 0.25) is 0 Å². The summed E-state index contributed by atoms with van der Waals surface area (Å²) < 4.78 is 0.931. The van der Waals surface area contributed by atoms with Gasteiger partial charge in [-0.15, -0.1) is 0 Å². The predicted octanol–water partition coefficient (Wildman–Crippen LogP) is 8.71. The number of benzene rings is 4. The summed E-state index contributed by atoms with van der Waals surface area (Å²) in [5.41, 5.74) is 9.59. The van der Waals surface area contributed by atoms with Crippen LogP contribution in [0.15, 0.2) is 126 Å². The van der Waals surface area contributed by atoms with Gasteiger partial charge < -0.3 is 0 Å². The quantitative estimate of drug-likeness (QED) is 0.200. The normalized spacial score (nSPS) is 10.5. The number of hydrogen-bond acceptors (Lipinski definition) is 5. The number of nitrogens with zero attached hydrogens (tertiary/aromatic N) is 5. The van der Waals surface area contributed by atoms with E-state index in [1.54, 1.807) is 18.3 Å². The molecule has 0 aliphatic carbocycles. The summed E-state index contributed by atoms with van der Waals surface area (Å²) in [7, 11) is 0. The molecule has 192 valence electrons. The zero-order valence-corrected chi connectivity index (χ0v) is 23.2. The Morgan fingerprint density at radius 3 is 1.63 bits per heavy atom. The van der Waals surface area contributed by atoms with Crippen molar-refractivity contribution in [3.8, 4) is 68.3 Å². The van der Waals surface area contributed by atoms with Gasteiger partial charge in [-0.25, -0.2) is 9.97 Å². The minimum absolute atomic E-state index is 0.570. The zero-order chi connectivity index (χ0) is 28.2. The summed E-state index contributed by atoms with van der Waals surface area (Å²) in [6.45, 7) is 0. The fraction of sp³-hybridized carbons (Fsp3) is 0. The first-order valence-electron chi connectivity index (χ1n) is 12.8. The third-order valence-electron chi connectivity index (χ3n) is 6.71. The molecule has 4 aromatic carbocycles. The van der Waals surface area contributed by atoms with Crippen LogP contribution in [0.5, 0.6) is 0 Å². The van der Waals surface area contributed by atoms with Crippen molar-refractivity contribution in [3.05, 3.63) is 137 Å². The standard InChI is InChI=1S/C35H20BrN5/c36-32-17-30(29-2-1-15-39-22-29)16-31(18-32)34-19-33(40-35(41-34)28-9-5-24(21-38)6-10-28)27-13-11-26(12-14-27)25-7-3-23(20-37)4-8-25/h1-19,22H. The van der Waals surface area contributed by atoms with Crippen LogP contribution in [-0.2, 0) is 0 Å². The van der Waals surface area contributed by atoms with E-state index >= 15 is 0 Å². The molecule has 0 unspecified atom stereocenters. The molecular weight excluding hydrogens is 570 g/mol. The van der Waals surface area contributed by atoms with E-state index in [0.717, 1.165) is 54.8 Å². The molecule has 5 nitrogen and oxygen atoms in total. The Balaban J connectivity index is 1.46. The summed E-state index contributed by atoms with van der Waals surface area (Å²) in [6.07, 6.45) is 3.60. The Kier molecular flexibility index (Phi) is 7.15. The molecule has 6 rings (SSSR count). The molecule has 0 saturated heterocycles. The maximum atomic E-state index is 9.26. The van der Waals surface area contributed by atoms with E-state index in [2.05, 4.69) is 57.3 Å². The Bertz CT molecular complexity index is 1940. The number of nitriles is 2. The van der Waals surface area contributed by atoms with Crippen LogP contribution in [0.25, 0.3) is 56.2 Å². The third kappa shape index (κ3) is 5.65. The molecule has 0 aliphatic heterocycles. The highest BCUT2D eigenvalue weighted by atomic mass is 79.9. The van der Waals surface area contributed by atoms with E-state index in [-0.39, 0.29) is 0 Å². The minimum Gasteiger partial charge on any atom is -0.264 e. The fourth-order valence-electron chi connectivity index (χ4n) is 4.57. The lowest BCUT2D eigenvalue weighted by Crippen LogP contribution is -1.96. The average Bonchev–Trinajstić information content (AvgIpc) is 3.05. The highest BCUT2D eigenvalue weighted by Gasteiger charge is 2.13. The number of halogens is 1. The van der Waals surface area contributed by atoms with Crippen molar-refractivity contribution in [2.24, 2.45) is 0 Å². The molecule has 41 heavy (non-hydrogen) atoms. The first kappa shape index (κ1) is 25.8. The van der Waals surface area contributed by atoms with Gasteiger partial charge >= 0.3 is 0 Å². The van der Waals surface area contributed by atoms with Crippen LogP contribution in [0.1, 0.15) is 11.1 Å². The van der Waals surface area contributed by atoms with Crippen molar-refractivity contribution in [1.82, 2.24) is 15.0 Å². The van der Waals surface area contributed by atoms with Gasteiger partial charge in [0.1, 0.15) is 0 Å². The van der Waals surface area contributed by atoms with E-state index in [9.17, 15) is 5.26 Å². The molecule has 0 aliphatic rings. The van der Waals surface area contributed by atoms with Crippen LogP contribution in [0.3, 0.4) is 0 Å². The van der Waals surface area contributed by atoms with Crippen LogP contribution >= 0.6 is 15.9 Å². The van der Waals surface area contributed by atoms with E-state index < -0.39 is 0 Å². The van der Waals surface area contributed by atoms with Crippen molar-refractivity contribution in [2.45, 2.75) is 0 Å². The third-order valence-corrected chi connectivity index (χ3v) is 7.17. The molecule has 0 saturated carbocycles. The molecule has 0 spiro atoms. The van der Waals surface area contributed by atoms with E-state index in [0.29, 0.717) is 17.0 Å². The first-order chi connectivity index (χ1) is 20.1. The van der Waals surface area contributed by atoms with Crippen LogP contribution in [0.4, 0.5) is 0 Å². The molecule has 0 radical (unpaired) electrons. The molecule has 6 aromatic rings. The molecule has 0 N–H and O–H groups in total. The Hall–Kier alpha value is -5.43. The fourth-order valence-corrected chi connectivity index (χ4v) is 5.07. The van der Waals surface area contributed by atoms with Gasteiger partial charge in [0.25, 0.3) is 0 Å². The van der Waals surface area contributed by atoms with Gasteiger partial charge in [0.15, 0.2) is 5.82 Å². The van der Waals surface area contributed by atoms with Crippen molar-refractivity contribution in [1.29, 1.82) is 10.5 Å². The van der Waals surface area contributed by atoms with Gasteiger partial charge in [0.05, 0.1) is 34.7 Å². The summed E-state index contributed by atoms with van der Waals surface area (Å²) in [6, 6.07) is 39.5. The highest BCUT2D eigenvalue weighted by Crippen LogP contribution is 2.33. The Morgan fingerprint density at radius 1 is 0.512 bits per heavy atom. The number of pyridine rings is 1. The summed E-state index contributed by atoms with van der Waals surface area (Å²) >= 11 is 3.68. The van der Waals surface area contributed by atoms with Gasteiger partial charge in [-0.3, -0.25) is 4.98 Å². The minimum atomic E-state index is 0.570. The van der Waals surface area contributed by atoms with E-state index in [1.807, 2.05) is 79.0 Å². The molecule has 2 aromatic heterocycles. The number of hydrogen-bond donors (Lipinski definition) is 0. The molecule has 0 fully saturated rings. The lowest BCUT2D eigenvalue weighted by atomic mass is 10.00. The first-order valence-corrected chi connectivity index (χ1v) is 13.6. The molecule has 0 bridgehead atoms. The summed E-state index contributed by atoms with van der Waals surface area (Å²) in [4.78, 5) is 14.2. The average molecular weight is 590 g/mol. The van der Waals surface area contributed by atoms with Crippen molar-refractivity contribution in [3.63, 3.8) is 0 Å². The van der Waals surface area contributed by atoms with Crippen LogP contribution in [0, 0.1) is 22.7 Å². The Labute approximate surface area is 246 Å². The van der Waals surface area contributed by atoms with Gasteiger partial charge in [-0.1, -0.05) is 58.4 Å². The molecule has 6 heteroatoms. The van der Waals surface area contributed by atoms with Crippen LogP contribution in [-0.4, -0.2) is 15.0 Å². The molecule has 0 atom stereocenters. The van der Waals surface area contributed by atoms with E-state index in [4.69, 9.17) is 15.2 Å². The maximum absolute atomic E-state index is 9.26. The second-order valence-corrected chi connectivity index (χ2v) is 10.3. The van der Waals surface area contributed by atoms with E-state index in [1.165, 1.54) is 0 Å². The van der Waals surface area contributed by atoms with Gasteiger partial charge in [0, 0.05) is 39.1 Å². The summed E-state index contributed by atoms with van der Waals surface area (Å²) in [5, 5.41) is 18.4. The van der Waals surface area contributed by atoms with Crippen molar-refractivity contribution >= 4 is 15.9 Å². The van der Waals surface area contributed by atoms with Gasteiger partial charge in [-0.2, -0.15) is 10.5 Å². The number of rotatable bonds is 5. The highest BCUT2D eigenvalue weighted by molar-refractivity contribution is 9.10. The number of aromatic nitrogens is 3. The zero-order valence-electron chi connectivity index (χ0n) is 21.7. The Morgan fingerprint density at radius 2 is 1.05 bits per heavy atom. The summed E-state index contributed by atoms with van der Waals surface area (Å²) in [5.74, 6) is 0.570. The maximum Gasteiger partial charge on any atom is 0.160 e. The second-order valence-electron chi connectivity index (χ2n) is 9.39. The lowest BCUT2D eigenvalue weighted by Gasteiger charge is -2.12. The van der Waals surface area contributed by atoms with Gasteiger partial charge in [0.2, 0.25) is 0 Å². The molecule has 0 amide bonds. The molecular formula is C35H20BrN5.